The molecule has 0 radical (unpaired) electrons. The maximum atomic E-state index is 6.44. The van der Waals surface area contributed by atoms with Crippen molar-refractivity contribution in [1.82, 2.24) is 0 Å². The zero-order chi connectivity index (χ0) is 9.65. The molecule has 0 aromatic rings. The third-order valence-electron chi connectivity index (χ3n) is 4.89. The number of nitrogens with two attached hydrogens (primary N) is 1. The van der Waals surface area contributed by atoms with Gasteiger partial charge in [0.05, 0.1) is 13.2 Å². The highest BCUT2D eigenvalue weighted by molar-refractivity contribution is 5.17. The molecule has 0 spiro atoms. The molecule has 0 bridgehead atoms. The quantitative estimate of drug-likeness (QED) is 0.732. The summed E-state index contributed by atoms with van der Waals surface area (Å²) < 4.78 is 5.48. The number of hydrogen-bond acceptors (Lipinski definition) is 2. The van der Waals surface area contributed by atoms with E-state index in [9.17, 15) is 0 Å². The van der Waals surface area contributed by atoms with Crippen LogP contribution >= 0.6 is 0 Å². The van der Waals surface area contributed by atoms with Crippen molar-refractivity contribution >= 4 is 0 Å². The van der Waals surface area contributed by atoms with Crippen LogP contribution in [-0.4, -0.2) is 18.8 Å². The van der Waals surface area contributed by atoms with Gasteiger partial charge >= 0.3 is 0 Å². The molecule has 2 nitrogen and oxygen atoms in total. The predicted octanol–water partition coefficient (Wildman–Crippen LogP) is 2.07. The van der Waals surface area contributed by atoms with Crippen molar-refractivity contribution < 1.29 is 4.74 Å². The van der Waals surface area contributed by atoms with E-state index in [1.807, 2.05) is 0 Å². The summed E-state index contributed by atoms with van der Waals surface area (Å²) in [4.78, 5) is 0. The Bertz CT molecular complexity index is 224. The van der Waals surface area contributed by atoms with Crippen molar-refractivity contribution in [2.75, 3.05) is 13.2 Å². The highest BCUT2D eigenvalue weighted by Crippen LogP contribution is 2.58. The lowest BCUT2D eigenvalue weighted by Crippen LogP contribution is -2.61. The minimum absolute atomic E-state index is 0.174. The topological polar surface area (TPSA) is 35.2 Å². The first-order chi connectivity index (χ1) is 6.77. The first kappa shape index (κ1) is 9.17. The van der Waals surface area contributed by atoms with Gasteiger partial charge in [-0.25, -0.2) is 0 Å². The van der Waals surface area contributed by atoms with Gasteiger partial charge in [0.25, 0.3) is 0 Å². The molecule has 3 fully saturated rings. The maximum absolute atomic E-state index is 6.44. The number of rotatable bonds is 2. The Morgan fingerprint density at radius 1 is 1.00 bits per heavy atom. The summed E-state index contributed by atoms with van der Waals surface area (Å²) in [5.74, 6) is 0.873. The summed E-state index contributed by atoms with van der Waals surface area (Å²) in [6, 6.07) is 0. The van der Waals surface area contributed by atoms with Crippen LogP contribution < -0.4 is 5.73 Å². The van der Waals surface area contributed by atoms with Gasteiger partial charge in [0, 0.05) is 11.0 Å². The normalized spacial score (nSPS) is 34.9. The Morgan fingerprint density at radius 2 is 1.64 bits per heavy atom. The van der Waals surface area contributed by atoms with Crippen LogP contribution in [0.1, 0.15) is 44.9 Å². The third-order valence-corrected chi connectivity index (χ3v) is 4.89. The van der Waals surface area contributed by atoms with Gasteiger partial charge in [0.1, 0.15) is 0 Å². The summed E-state index contributed by atoms with van der Waals surface area (Å²) in [7, 11) is 0. The molecule has 3 aliphatic rings. The van der Waals surface area contributed by atoms with E-state index < -0.39 is 0 Å². The molecule has 2 N–H and O–H groups in total. The molecule has 80 valence electrons. The number of hydrogen-bond donors (Lipinski definition) is 1. The summed E-state index contributed by atoms with van der Waals surface area (Å²) in [5.41, 5.74) is 7.01. The second-order valence-electron chi connectivity index (χ2n) is 5.64. The van der Waals surface area contributed by atoms with Crippen molar-refractivity contribution in [1.29, 1.82) is 0 Å². The molecular formula is C12H21NO. The molecule has 3 rings (SSSR count). The van der Waals surface area contributed by atoms with Crippen molar-refractivity contribution in [3.05, 3.63) is 0 Å². The second kappa shape index (κ2) is 2.96. The SMILES string of the molecule is NC1(C2(C3CCCCC3)COC2)CC1. The molecule has 1 aliphatic heterocycles. The van der Waals surface area contributed by atoms with Gasteiger partial charge in [-0.15, -0.1) is 0 Å². The van der Waals surface area contributed by atoms with E-state index in [1.165, 1.54) is 44.9 Å². The minimum atomic E-state index is 0.174. The molecule has 0 atom stereocenters. The van der Waals surface area contributed by atoms with Gasteiger partial charge in [0.2, 0.25) is 0 Å². The predicted molar refractivity (Wildman–Crippen MR) is 56.0 cm³/mol. The molecule has 1 saturated heterocycles. The van der Waals surface area contributed by atoms with Gasteiger partial charge in [-0.3, -0.25) is 0 Å². The summed E-state index contributed by atoms with van der Waals surface area (Å²) in [6.07, 6.45) is 9.57. The van der Waals surface area contributed by atoms with Crippen molar-refractivity contribution in [2.24, 2.45) is 17.1 Å². The van der Waals surface area contributed by atoms with Crippen LogP contribution in [0.5, 0.6) is 0 Å². The summed E-state index contributed by atoms with van der Waals surface area (Å²) in [6.45, 7) is 1.91. The highest BCUT2D eigenvalue weighted by atomic mass is 16.5. The largest absolute Gasteiger partial charge is 0.380 e. The molecule has 2 heteroatoms. The zero-order valence-electron chi connectivity index (χ0n) is 8.93. The Hall–Kier alpha value is -0.0800. The molecule has 0 aromatic heterocycles. The van der Waals surface area contributed by atoms with E-state index in [2.05, 4.69) is 0 Å². The van der Waals surface area contributed by atoms with E-state index >= 15 is 0 Å². The molecule has 0 aromatic carbocycles. The fourth-order valence-electron chi connectivity index (χ4n) is 3.54. The Kier molecular flexibility index (Phi) is 1.94. The number of ether oxygens (including phenoxy) is 1. The van der Waals surface area contributed by atoms with E-state index in [4.69, 9.17) is 10.5 Å². The first-order valence-electron chi connectivity index (χ1n) is 6.14. The van der Waals surface area contributed by atoms with Crippen molar-refractivity contribution in [2.45, 2.75) is 50.5 Å². The fourth-order valence-corrected chi connectivity index (χ4v) is 3.54. The molecule has 14 heavy (non-hydrogen) atoms. The highest BCUT2D eigenvalue weighted by Gasteiger charge is 2.63. The first-order valence-corrected chi connectivity index (χ1v) is 6.14. The maximum Gasteiger partial charge on any atom is 0.0565 e. The van der Waals surface area contributed by atoms with Crippen LogP contribution in [-0.2, 0) is 4.74 Å². The Labute approximate surface area is 86.2 Å². The molecular weight excluding hydrogens is 174 g/mol. The van der Waals surface area contributed by atoms with Crippen molar-refractivity contribution in [3.8, 4) is 0 Å². The fraction of sp³-hybridized carbons (Fsp3) is 1.00. The van der Waals surface area contributed by atoms with Crippen LogP contribution in [0.4, 0.5) is 0 Å². The van der Waals surface area contributed by atoms with E-state index in [0.717, 1.165) is 19.1 Å². The zero-order valence-corrected chi connectivity index (χ0v) is 8.93. The monoisotopic (exact) mass is 195 g/mol. The smallest absolute Gasteiger partial charge is 0.0565 e. The lowest BCUT2D eigenvalue weighted by Gasteiger charge is -2.53. The second-order valence-corrected chi connectivity index (χ2v) is 5.64. The summed E-state index contributed by atoms with van der Waals surface area (Å²) in [5, 5.41) is 0. The van der Waals surface area contributed by atoms with Gasteiger partial charge in [-0.2, -0.15) is 0 Å². The van der Waals surface area contributed by atoms with Crippen LogP contribution in [0.15, 0.2) is 0 Å². The average Bonchev–Trinajstić information content (AvgIpc) is 2.84. The minimum Gasteiger partial charge on any atom is -0.380 e. The molecule has 2 saturated carbocycles. The van der Waals surface area contributed by atoms with Gasteiger partial charge in [0.15, 0.2) is 0 Å². The van der Waals surface area contributed by atoms with Crippen LogP contribution in [0, 0.1) is 11.3 Å². The molecule has 2 aliphatic carbocycles. The lowest BCUT2D eigenvalue weighted by atomic mass is 9.62. The van der Waals surface area contributed by atoms with Gasteiger partial charge < -0.3 is 10.5 Å². The Morgan fingerprint density at radius 3 is 2.07 bits per heavy atom. The third kappa shape index (κ3) is 1.10. The summed E-state index contributed by atoms with van der Waals surface area (Å²) >= 11 is 0. The standard InChI is InChI=1S/C12H21NO/c13-12(6-7-12)11(8-14-9-11)10-4-2-1-3-5-10/h10H,1-9,13H2. The van der Waals surface area contributed by atoms with E-state index in [1.54, 1.807) is 0 Å². The van der Waals surface area contributed by atoms with Crippen LogP contribution in [0.25, 0.3) is 0 Å². The van der Waals surface area contributed by atoms with E-state index in [0.29, 0.717) is 5.41 Å². The molecule has 0 unspecified atom stereocenters. The van der Waals surface area contributed by atoms with Gasteiger partial charge in [-0.1, -0.05) is 19.3 Å². The van der Waals surface area contributed by atoms with Crippen molar-refractivity contribution in [3.63, 3.8) is 0 Å². The van der Waals surface area contributed by atoms with E-state index in [-0.39, 0.29) is 5.54 Å². The van der Waals surface area contributed by atoms with Crippen LogP contribution in [0.2, 0.25) is 0 Å². The van der Waals surface area contributed by atoms with Gasteiger partial charge in [-0.05, 0) is 31.6 Å². The molecule has 0 amide bonds. The average molecular weight is 195 g/mol. The molecule has 1 heterocycles. The lowest BCUT2D eigenvalue weighted by molar-refractivity contribution is -0.172. The van der Waals surface area contributed by atoms with Crippen LogP contribution in [0.3, 0.4) is 0 Å². The Balaban J connectivity index is 1.78.